The Morgan fingerprint density at radius 2 is 2.21 bits per heavy atom. The Bertz CT molecular complexity index is 722. The molecule has 2 aromatic rings. The van der Waals surface area contributed by atoms with Crippen molar-refractivity contribution in [3.63, 3.8) is 0 Å². The molecule has 0 radical (unpaired) electrons. The Labute approximate surface area is 114 Å². The van der Waals surface area contributed by atoms with E-state index in [2.05, 4.69) is 16.8 Å². The van der Waals surface area contributed by atoms with Crippen LogP contribution < -0.4 is 0 Å². The number of thioether (sulfide) groups is 1. The van der Waals surface area contributed by atoms with Gasteiger partial charge in [-0.1, -0.05) is 23.6 Å². The van der Waals surface area contributed by atoms with Crippen LogP contribution in [0.5, 0.6) is 0 Å². The predicted molar refractivity (Wildman–Crippen MR) is 74.8 cm³/mol. The molecule has 0 unspecified atom stereocenters. The van der Waals surface area contributed by atoms with Crippen molar-refractivity contribution in [2.24, 2.45) is 0 Å². The molecule has 1 aromatic carbocycles. The molecular weight excluding hydrogens is 262 g/mol. The SMILES string of the molecule is C#CCSc1nc2cc([N+](=O)[O-])ccc2n1CC#C. The van der Waals surface area contributed by atoms with E-state index < -0.39 is 4.92 Å². The van der Waals surface area contributed by atoms with Crippen molar-refractivity contribution in [1.82, 2.24) is 9.55 Å². The van der Waals surface area contributed by atoms with E-state index in [4.69, 9.17) is 12.8 Å². The Hall–Kier alpha value is -2.44. The molecule has 1 aromatic heterocycles. The maximum absolute atomic E-state index is 10.7. The molecule has 0 spiro atoms. The Balaban J connectivity index is 2.56. The molecule has 2 rings (SSSR count). The molecule has 0 amide bonds. The van der Waals surface area contributed by atoms with Crippen LogP contribution in [0.25, 0.3) is 11.0 Å². The molecule has 94 valence electrons. The molecule has 0 fully saturated rings. The predicted octanol–water partition coefficient (Wildman–Crippen LogP) is 2.30. The van der Waals surface area contributed by atoms with E-state index in [1.165, 1.54) is 23.9 Å². The summed E-state index contributed by atoms with van der Waals surface area (Å²) in [6, 6.07) is 4.52. The van der Waals surface area contributed by atoms with Gasteiger partial charge in [-0.3, -0.25) is 10.1 Å². The second-order valence-electron chi connectivity index (χ2n) is 3.61. The molecule has 6 heteroatoms. The van der Waals surface area contributed by atoms with Crippen LogP contribution in [-0.2, 0) is 6.54 Å². The van der Waals surface area contributed by atoms with Crippen molar-refractivity contribution in [3.8, 4) is 24.7 Å². The molecule has 0 aliphatic heterocycles. The number of fused-ring (bicyclic) bond motifs is 1. The molecule has 0 saturated carbocycles. The molecule has 0 aliphatic carbocycles. The third kappa shape index (κ3) is 2.54. The monoisotopic (exact) mass is 271 g/mol. The molecule has 0 saturated heterocycles. The van der Waals surface area contributed by atoms with Gasteiger partial charge >= 0.3 is 0 Å². The fourth-order valence-corrected chi connectivity index (χ4v) is 2.36. The summed E-state index contributed by atoms with van der Waals surface area (Å²) in [7, 11) is 0. The van der Waals surface area contributed by atoms with Gasteiger partial charge < -0.3 is 4.57 Å². The first-order valence-corrected chi connectivity index (χ1v) is 6.30. The van der Waals surface area contributed by atoms with Crippen LogP contribution >= 0.6 is 11.8 Å². The zero-order chi connectivity index (χ0) is 13.8. The van der Waals surface area contributed by atoms with Crippen LogP contribution in [0, 0.1) is 34.8 Å². The number of rotatable bonds is 4. The Morgan fingerprint density at radius 1 is 1.42 bits per heavy atom. The quantitative estimate of drug-likeness (QED) is 0.370. The van der Waals surface area contributed by atoms with Gasteiger partial charge in [0.2, 0.25) is 0 Å². The molecule has 1 heterocycles. The second-order valence-corrected chi connectivity index (χ2v) is 4.55. The highest BCUT2D eigenvalue weighted by atomic mass is 32.2. The minimum atomic E-state index is -0.450. The van der Waals surface area contributed by atoms with Crippen LogP contribution in [0.3, 0.4) is 0 Å². The molecule has 19 heavy (non-hydrogen) atoms. The summed E-state index contributed by atoms with van der Waals surface area (Å²) in [5.41, 5.74) is 1.32. The number of hydrogen-bond acceptors (Lipinski definition) is 4. The van der Waals surface area contributed by atoms with Crippen molar-refractivity contribution in [2.45, 2.75) is 11.7 Å². The lowest BCUT2D eigenvalue weighted by molar-refractivity contribution is -0.384. The summed E-state index contributed by atoms with van der Waals surface area (Å²) in [6.45, 7) is 0.348. The summed E-state index contributed by atoms with van der Waals surface area (Å²) in [5.74, 6) is 5.52. The molecule has 0 bridgehead atoms. The van der Waals surface area contributed by atoms with Gasteiger partial charge in [0.1, 0.15) is 0 Å². The van der Waals surface area contributed by atoms with Crippen molar-refractivity contribution in [3.05, 3.63) is 28.3 Å². The van der Waals surface area contributed by atoms with Gasteiger partial charge in [0, 0.05) is 12.1 Å². The first-order valence-electron chi connectivity index (χ1n) is 5.31. The van der Waals surface area contributed by atoms with E-state index in [9.17, 15) is 10.1 Å². The van der Waals surface area contributed by atoms with E-state index >= 15 is 0 Å². The van der Waals surface area contributed by atoms with Gasteiger partial charge in [-0.25, -0.2) is 4.98 Å². The number of nitrogens with zero attached hydrogens (tertiary/aromatic N) is 3. The molecule has 0 aliphatic rings. The van der Waals surface area contributed by atoms with E-state index in [1.807, 2.05) is 4.57 Å². The van der Waals surface area contributed by atoms with Gasteiger partial charge in [-0.05, 0) is 6.07 Å². The van der Waals surface area contributed by atoms with Crippen LogP contribution in [0.1, 0.15) is 0 Å². The number of aromatic nitrogens is 2. The van der Waals surface area contributed by atoms with E-state index in [-0.39, 0.29) is 5.69 Å². The molecule has 5 nitrogen and oxygen atoms in total. The van der Waals surface area contributed by atoms with Gasteiger partial charge in [0.25, 0.3) is 5.69 Å². The lowest BCUT2D eigenvalue weighted by Crippen LogP contribution is -1.97. The van der Waals surface area contributed by atoms with Crippen LogP contribution in [0.15, 0.2) is 23.4 Å². The van der Waals surface area contributed by atoms with Crippen molar-refractivity contribution in [2.75, 3.05) is 5.75 Å². The number of terminal acetylenes is 2. The van der Waals surface area contributed by atoms with E-state index in [0.717, 1.165) is 5.52 Å². The first kappa shape index (κ1) is 13.0. The highest BCUT2D eigenvalue weighted by Gasteiger charge is 2.14. The van der Waals surface area contributed by atoms with Crippen molar-refractivity contribution < 1.29 is 4.92 Å². The number of imidazole rings is 1. The topological polar surface area (TPSA) is 61.0 Å². The van der Waals surface area contributed by atoms with Crippen molar-refractivity contribution >= 4 is 28.5 Å². The standard InChI is InChI=1S/C13H9N3O2S/c1-3-7-15-12-6-5-10(16(17)18)9-11(12)14-13(15)19-8-4-2/h1-2,5-6,9H,7-8H2. The van der Waals surface area contributed by atoms with Gasteiger partial charge in [0.05, 0.1) is 28.3 Å². The van der Waals surface area contributed by atoms with Gasteiger partial charge in [0.15, 0.2) is 5.16 Å². The summed E-state index contributed by atoms with van der Waals surface area (Å²) >= 11 is 1.38. The Kier molecular flexibility index (Phi) is 3.74. The van der Waals surface area contributed by atoms with Gasteiger partial charge in [-0.2, -0.15) is 0 Å². The van der Waals surface area contributed by atoms with Crippen molar-refractivity contribution in [1.29, 1.82) is 0 Å². The number of nitro groups is 1. The number of hydrogen-bond donors (Lipinski definition) is 0. The van der Waals surface area contributed by atoms with E-state index in [1.54, 1.807) is 6.07 Å². The molecule has 0 atom stereocenters. The first-order chi connectivity index (χ1) is 9.17. The summed E-state index contributed by atoms with van der Waals surface area (Å²) < 4.78 is 1.82. The van der Waals surface area contributed by atoms with E-state index in [0.29, 0.717) is 23.0 Å². The lowest BCUT2D eigenvalue weighted by Gasteiger charge is -2.02. The maximum Gasteiger partial charge on any atom is 0.271 e. The fraction of sp³-hybridized carbons (Fsp3) is 0.154. The minimum absolute atomic E-state index is 0.00589. The molecule has 0 N–H and O–H groups in total. The van der Waals surface area contributed by atoms with Crippen LogP contribution in [-0.4, -0.2) is 20.2 Å². The lowest BCUT2D eigenvalue weighted by atomic mass is 10.3. The smallest absolute Gasteiger partial charge is 0.271 e. The number of benzene rings is 1. The highest BCUT2D eigenvalue weighted by Crippen LogP contribution is 2.26. The summed E-state index contributed by atoms with van der Waals surface area (Å²) in [6.07, 6.45) is 10.6. The van der Waals surface area contributed by atoms with Crippen LogP contribution in [0.2, 0.25) is 0 Å². The zero-order valence-corrected chi connectivity index (χ0v) is 10.7. The third-order valence-corrected chi connectivity index (χ3v) is 3.32. The average Bonchev–Trinajstić information content (AvgIpc) is 2.74. The van der Waals surface area contributed by atoms with Gasteiger partial charge in [-0.15, -0.1) is 12.8 Å². The average molecular weight is 271 g/mol. The normalized spacial score (nSPS) is 10.0. The summed E-state index contributed by atoms with van der Waals surface area (Å²) in [4.78, 5) is 14.6. The fourth-order valence-electron chi connectivity index (χ4n) is 1.67. The zero-order valence-electron chi connectivity index (χ0n) is 9.87. The number of non-ortho nitro benzene ring substituents is 1. The highest BCUT2D eigenvalue weighted by molar-refractivity contribution is 7.99. The van der Waals surface area contributed by atoms with Crippen LogP contribution in [0.4, 0.5) is 5.69 Å². The largest absolute Gasteiger partial charge is 0.307 e. The second kappa shape index (κ2) is 5.47. The minimum Gasteiger partial charge on any atom is -0.307 e. The third-order valence-electron chi connectivity index (χ3n) is 2.44. The molecular formula is C13H9N3O2S. The summed E-state index contributed by atoms with van der Waals surface area (Å²) in [5, 5.41) is 11.4. The number of nitro benzene ring substituents is 1. The Morgan fingerprint density at radius 3 is 2.84 bits per heavy atom. The maximum atomic E-state index is 10.7.